The quantitative estimate of drug-likeness (QED) is 0.0425. The molecule has 4 heterocycles. The van der Waals surface area contributed by atoms with Crippen LogP contribution in [-0.2, 0) is 37.7 Å². The molecule has 15 heteroatoms. The second kappa shape index (κ2) is 16.2. The zero-order chi connectivity index (χ0) is 38.5. The number of rotatable bonds is 14. The van der Waals surface area contributed by atoms with E-state index in [2.05, 4.69) is 25.6 Å². The van der Waals surface area contributed by atoms with Crippen LogP contribution in [0.15, 0.2) is 137 Å². The molecule has 0 aliphatic carbocycles. The first-order valence-electron chi connectivity index (χ1n) is 17.3. The Labute approximate surface area is 323 Å². The Bertz CT molecular complexity index is 2160. The number of β-lactam (4-membered cyclic amide) rings is 1. The van der Waals surface area contributed by atoms with Gasteiger partial charge in [0.05, 0.1) is 0 Å². The zero-order valence-corrected chi connectivity index (χ0v) is 31.0. The van der Waals surface area contributed by atoms with E-state index < -0.39 is 47.1 Å². The Morgan fingerprint density at radius 1 is 1.00 bits per heavy atom. The molecule has 7 rings (SSSR count). The molecular weight excluding hydrogens is 747 g/mol. The molecule has 2 amide bonds. The molecule has 0 bridgehead atoms. The summed E-state index contributed by atoms with van der Waals surface area (Å²) >= 11 is 2.42. The van der Waals surface area contributed by atoms with Crippen molar-refractivity contribution < 1.29 is 37.7 Å². The lowest BCUT2D eigenvalue weighted by Gasteiger charge is -2.49. The standard InChI is InChI=1S/C40H34F2N6O5S2/c1-2-25-13-12-20-47(21-25)22-26-23-54-36-32(35(50)48(36)33(26)37(51)52)44-34(49)31(46-53-38(41)42)30-24-55-39(43-30)45-40(27-14-6-3-7-15-27,28-16-8-4-9-17-28)29-18-10-5-11-19-29/h3-21,24,32,36,38H,2,22-23H2,1H3,(H2-,43,44,45,49,51,52)/p+1/t32?,36-/m1/s1. The molecule has 0 spiro atoms. The minimum absolute atomic E-state index is 0.0756. The van der Waals surface area contributed by atoms with Crippen molar-refractivity contribution in [1.29, 1.82) is 0 Å². The Morgan fingerprint density at radius 2 is 1.62 bits per heavy atom. The fourth-order valence-electron chi connectivity index (χ4n) is 6.80. The number of carbonyl (C=O) groups excluding carboxylic acids is 2. The van der Waals surface area contributed by atoms with Gasteiger partial charge < -0.3 is 20.6 Å². The number of halogens is 2. The van der Waals surface area contributed by atoms with Crippen molar-refractivity contribution in [2.24, 2.45) is 5.16 Å². The highest BCUT2D eigenvalue weighted by molar-refractivity contribution is 8.00. The molecule has 2 aliphatic rings. The van der Waals surface area contributed by atoms with Gasteiger partial charge in [-0.3, -0.25) is 14.5 Å². The van der Waals surface area contributed by atoms with E-state index in [1.807, 2.05) is 127 Å². The van der Waals surface area contributed by atoms with Crippen LogP contribution in [0.3, 0.4) is 0 Å². The lowest BCUT2D eigenvalue weighted by molar-refractivity contribution is -0.689. The number of aliphatic carboxylic acids is 1. The number of aromatic nitrogens is 2. The molecule has 2 aliphatic heterocycles. The Morgan fingerprint density at radius 3 is 2.18 bits per heavy atom. The average molecular weight is 782 g/mol. The maximum Gasteiger partial charge on any atom is 0.407 e. The van der Waals surface area contributed by atoms with E-state index >= 15 is 0 Å². The molecule has 1 unspecified atom stereocenters. The lowest BCUT2D eigenvalue weighted by Crippen LogP contribution is -2.71. The SMILES string of the molecule is CCc1ccc[n+](CC2=C(C(=O)O)N3C(=O)C(NC(=O)C(=NOC(F)F)c4csc(NC(c5ccccc5)(c5ccccc5)c5ccccc5)n4)[C@H]3SC2)c1. The van der Waals surface area contributed by atoms with Gasteiger partial charge in [-0.25, -0.2) is 14.3 Å². The van der Waals surface area contributed by atoms with Crippen LogP contribution in [0.1, 0.15) is 34.9 Å². The van der Waals surface area contributed by atoms with Gasteiger partial charge in [-0.15, -0.1) is 23.1 Å². The van der Waals surface area contributed by atoms with Crippen LogP contribution in [0, 0.1) is 0 Å². The Kier molecular flexibility index (Phi) is 11.0. The van der Waals surface area contributed by atoms with Crippen molar-refractivity contribution in [2.75, 3.05) is 11.1 Å². The third kappa shape index (κ3) is 7.57. The number of alkyl halides is 2. The molecule has 2 atom stereocenters. The minimum Gasteiger partial charge on any atom is -0.477 e. The third-order valence-electron chi connectivity index (χ3n) is 9.34. The number of benzene rings is 3. The number of carboxylic acids is 1. The van der Waals surface area contributed by atoms with E-state index in [-0.39, 0.29) is 23.7 Å². The van der Waals surface area contributed by atoms with Crippen molar-refractivity contribution in [3.8, 4) is 0 Å². The highest BCUT2D eigenvalue weighted by Crippen LogP contribution is 2.42. The molecule has 55 heavy (non-hydrogen) atoms. The predicted molar refractivity (Wildman–Crippen MR) is 204 cm³/mol. The highest BCUT2D eigenvalue weighted by atomic mass is 32.2. The largest absolute Gasteiger partial charge is 0.477 e. The maximum absolute atomic E-state index is 13.8. The summed E-state index contributed by atoms with van der Waals surface area (Å²) in [5.74, 6) is -2.62. The van der Waals surface area contributed by atoms with E-state index in [0.717, 1.165) is 44.9 Å². The van der Waals surface area contributed by atoms with Crippen molar-refractivity contribution >= 4 is 51.7 Å². The predicted octanol–water partition coefficient (Wildman–Crippen LogP) is 5.78. The van der Waals surface area contributed by atoms with Crippen molar-refractivity contribution in [3.63, 3.8) is 0 Å². The third-order valence-corrected chi connectivity index (χ3v) is 11.4. The summed E-state index contributed by atoms with van der Waals surface area (Å²) in [5.41, 5.74) is 2.52. The topological polar surface area (TPSA) is 137 Å². The van der Waals surface area contributed by atoms with Gasteiger partial charge in [-0.05, 0) is 29.2 Å². The first-order chi connectivity index (χ1) is 26.7. The summed E-state index contributed by atoms with van der Waals surface area (Å²) in [7, 11) is 0. The number of amides is 2. The van der Waals surface area contributed by atoms with E-state index in [0.29, 0.717) is 10.7 Å². The van der Waals surface area contributed by atoms with Gasteiger partial charge >= 0.3 is 12.6 Å². The smallest absolute Gasteiger partial charge is 0.407 e. The molecule has 2 aromatic heterocycles. The summed E-state index contributed by atoms with van der Waals surface area (Å²) in [5, 5.41) is 20.9. The normalized spacial score (nSPS) is 17.1. The van der Waals surface area contributed by atoms with E-state index in [9.17, 15) is 28.3 Å². The zero-order valence-electron chi connectivity index (χ0n) is 29.3. The molecule has 1 fully saturated rings. The summed E-state index contributed by atoms with van der Waals surface area (Å²) in [6.45, 7) is -1.06. The number of carboxylic acid groups (broad SMARTS) is 1. The molecular formula is C40H35F2N6O5S2+. The number of nitrogens with zero attached hydrogens (tertiary/aromatic N) is 4. The Balaban J connectivity index is 1.16. The maximum atomic E-state index is 13.8. The number of aryl methyl sites for hydroxylation is 1. The minimum atomic E-state index is -3.34. The number of pyridine rings is 1. The second-order valence-electron chi connectivity index (χ2n) is 12.7. The number of thioether (sulfide) groups is 1. The summed E-state index contributed by atoms with van der Waals surface area (Å²) in [6, 6.07) is 31.9. The number of hydrogen-bond acceptors (Lipinski definition) is 9. The van der Waals surface area contributed by atoms with Crippen LogP contribution >= 0.6 is 23.1 Å². The molecule has 0 saturated carbocycles. The first kappa shape index (κ1) is 37.4. The number of hydrogen-bond donors (Lipinski definition) is 3. The Hall–Kier alpha value is -5.93. The van der Waals surface area contributed by atoms with Crippen LogP contribution in [0.25, 0.3) is 0 Å². The molecule has 280 valence electrons. The lowest BCUT2D eigenvalue weighted by atomic mass is 9.77. The number of oxime groups is 1. The van der Waals surface area contributed by atoms with Crippen LogP contribution in [0.4, 0.5) is 13.9 Å². The van der Waals surface area contributed by atoms with E-state index in [1.54, 1.807) is 0 Å². The van der Waals surface area contributed by atoms with Crippen LogP contribution in [-0.4, -0.2) is 62.3 Å². The number of anilines is 1. The fourth-order valence-corrected chi connectivity index (χ4v) is 8.88. The van der Waals surface area contributed by atoms with Gasteiger partial charge in [0.25, 0.3) is 11.8 Å². The van der Waals surface area contributed by atoms with Crippen LogP contribution < -0.4 is 15.2 Å². The van der Waals surface area contributed by atoms with Gasteiger partial charge in [-0.2, -0.15) is 8.78 Å². The van der Waals surface area contributed by atoms with Crippen molar-refractivity contribution in [1.82, 2.24) is 15.2 Å². The number of thiazole rings is 1. The van der Waals surface area contributed by atoms with E-state index in [4.69, 9.17) is 0 Å². The molecule has 0 radical (unpaired) electrons. The molecule has 5 aromatic rings. The fraction of sp³-hybridized carbons (Fsp3) is 0.200. The molecule has 3 aromatic carbocycles. The van der Waals surface area contributed by atoms with Crippen LogP contribution in [0.5, 0.6) is 0 Å². The number of carbonyl (C=O) groups is 3. The summed E-state index contributed by atoms with van der Waals surface area (Å²) in [6.07, 6.45) is 4.56. The number of fused-ring (bicyclic) bond motifs is 1. The van der Waals surface area contributed by atoms with Gasteiger partial charge in [0.15, 0.2) is 29.8 Å². The molecule has 11 nitrogen and oxygen atoms in total. The summed E-state index contributed by atoms with van der Waals surface area (Å²) < 4.78 is 28.5. The highest BCUT2D eigenvalue weighted by Gasteiger charge is 2.55. The van der Waals surface area contributed by atoms with Crippen molar-refractivity contribution in [2.45, 2.75) is 43.5 Å². The van der Waals surface area contributed by atoms with Gasteiger partial charge in [-0.1, -0.05) is 103 Å². The van der Waals surface area contributed by atoms with Crippen LogP contribution in [0.2, 0.25) is 0 Å². The summed E-state index contributed by atoms with van der Waals surface area (Å²) in [4.78, 5) is 49.8. The number of nitrogens with one attached hydrogen (secondary N) is 2. The first-order valence-corrected chi connectivity index (χ1v) is 19.2. The van der Waals surface area contributed by atoms with E-state index in [1.165, 1.54) is 17.1 Å². The monoisotopic (exact) mass is 781 g/mol. The van der Waals surface area contributed by atoms with Gasteiger partial charge in [0, 0.05) is 28.3 Å². The molecule has 1 saturated heterocycles. The van der Waals surface area contributed by atoms with Gasteiger partial charge in [0.2, 0.25) is 0 Å². The van der Waals surface area contributed by atoms with Crippen molar-refractivity contribution in [3.05, 3.63) is 160 Å². The average Bonchev–Trinajstić information content (AvgIpc) is 3.67. The van der Waals surface area contributed by atoms with Gasteiger partial charge in [0.1, 0.15) is 28.3 Å². The molecule has 3 N–H and O–H groups in total. The second-order valence-corrected chi connectivity index (χ2v) is 14.6.